The number of hydrogen-bond acceptors (Lipinski definition) is 5. The predicted octanol–water partition coefficient (Wildman–Crippen LogP) is 5.98. The van der Waals surface area contributed by atoms with Gasteiger partial charge in [0, 0.05) is 37.2 Å². The fourth-order valence-electron chi connectivity index (χ4n) is 6.45. The largest absolute Gasteiger partial charge is 0.418 e. The number of amides is 2. The van der Waals surface area contributed by atoms with Crippen LogP contribution in [0, 0.1) is 5.82 Å². The van der Waals surface area contributed by atoms with Crippen LogP contribution in [0.25, 0.3) is 0 Å². The lowest BCUT2D eigenvalue weighted by Gasteiger charge is -2.44. The summed E-state index contributed by atoms with van der Waals surface area (Å²) in [6, 6.07) is 10.6. The maximum absolute atomic E-state index is 14.3. The van der Waals surface area contributed by atoms with Crippen molar-refractivity contribution in [3.8, 4) is 0 Å². The van der Waals surface area contributed by atoms with Gasteiger partial charge in [0.2, 0.25) is 5.91 Å². The number of likely N-dealkylation sites (tertiary alicyclic amines) is 1. The van der Waals surface area contributed by atoms with E-state index in [2.05, 4.69) is 10.3 Å². The molecular weight excluding hydrogens is 624 g/mol. The molecule has 0 aliphatic carbocycles. The van der Waals surface area contributed by atoms with E-state index >= 15 is 0 Å². The Morgan fingerprint density at radius 3 is 2.33 bits per heavy atom. The van der Waals surface area contributed by atoms with E-state index in [4.69, 9.17) is 0 Å². The van der Waals surface area contributed by atoms with Gasteiger partial charge in [0.15, 0.2) is 0 Å². The van der Waals surface area contributed by atoms with Crippen LogP contribution < -0.4 is 9.62 Å². The zero-order valence-electron chi connectivity index (χ0n) is 25.6. The first-order chi connectivity index (χ1) is 21.6. The van der Waals surface area contributed by atoms with Crippen molar-refractivity contribution < 1.29 is 35.6 Å². The first-order valence-electron chi connectivity index (χ1n) is 14.8. The number of hydrogen-bond donors (Lipinski definition) is 1. The number of carbonyl (C=O) groups excluding carboxylic acids is 2. The number of carbonyl (C=O) groups is 2. The first-order valence-corrected chi connectivity index (χ1v) is 16.2. The molecule has 1 fully saturated rings. The molecule has 0 saturated carbocycles. The third-order valence-electron chi connectivity index (χ3n) is 8.79. The summed E-state index contributed by atoms with van der Waals surface area (Å²) in [6.45, 7) is 5.53. The third-order valence-corrected chi connectivity index (χ3v) is 10.6. The van der Waals surface area contributed by atoms with Gasteiger partial charge in [0.1, 0.15) is 5.82 Å². The summed E-state index contributed by atoms with van der Waals surface area (Å²) in [5.41, 5.74) is -0.0394. The molecule has 3 aromatic rings. The van der Waals surface area contributed by atoms with Crippen LogP contribution in [-0.2, 0) is 33.0 Å². The van der Waals surface area contributed by atoms with Gasteiger partial charge in [-0.15, -0.1) is 0 Å². The Bertz CT molecular complexity index is 1780. The van der Waals surface area contributed by atoms with Gasteiger partial charge in [0.05, 0.1) is 34.4 Å². The average molecular weight is 659 g/mol. The Morgan fingerprint density at radius 2 is 1.72 bits per heavy atom. The molecule has 1 atom stereocenters. The number of piperidine rings is 1. The van der Waals surface area contributed by atoms with E-state index in [1.54, 1.807) is 11.0 Å². The fourth-order valence-corrected chi connectivity index (χ4v) is 8.20. The molecule has 2 amide bonds. The van der Waals surface area contributed by atoms with Gasteiger partial charge < -0.3 is 10.2 Å². The van der Waals surface area contributed by atoms with Crippen LogP contribution in [0.3, 0.4) is 0 Å². The highest BCUT2D eigenvalue weighted by Gasteiger charge is 2.55. The van der Waals surface area contributed by atoms with Gasteiger partial charge >= 0.3 is 6.18 Å². The Balaban J connectivity index is 1.59. The smallest absolute Gasteiger partial charge is 0.346 e. The second kappa shape index (κ2) is 12.5. The summed E-state index contributed by atoms with van der Waals surface area (Å²) in [6.07, 6.45) is -0.343. The number of rotatable bonds is 7. The molecule has 244 valence electrons. The normalized spacial score (nSPS) is 17.5. The molecule has 2 aromatic carbocycles. The maximum Gasteiger partial charge on any atom is 0.418 e. The zero-order chi connectivity index (χ0) is 33.4. The van der Waals surface area contributed by atoms with E-state index in [-0.39, 0.29) is 22.1 Å². The number of sulfonamides is 1. The number of nitrogens with one attached hydrogen (secondary N) is 1. The summed E-state index contributed by atoms with van der Waals surface area (Å²) in [5.74, 6) is -1.34. The van der Waals surface area contributed by atoms with Crippen molar-refractivity contribution in [2.45, 2.75) is 69.1 Å². The lowest BCUT2D eigenvalue weighted by atomic mass is 9.68. The second-order valence-electron chi connectivity index (χ2n) is 11.9. The number of allylic oxidation sites excluding steroid dienone is 1. The van der Waals surface area contributed by atoms with Crippen molar-refractivity contribution in [3.05, 3.63) is 101 Å². The predicted molar refractivity (Wildman–Crippen MR) is 164 cm³/mol. The van der Waals surface area contributed by atoms with Crippen LogP contribution in [0.2, 0.25) is 0 Å². The Morgan fingerprint density at radius 1 is 1.04 bits per heavy atom. The standard InChI is InChI=1S/C33H34F4N4O4S/c1-21(2)6-13-30-32(14-17-40(18-15-32)22(3)42)27-19-23(31(43)39-20-28-26(33(35,36)37)5-4-16-38-28)7-12-29(27)41(30)46(44,45)25-10-8-24(34)9-11-25/h4-12,16,19,30H,13-15,17-18,20H2,1-3H3,(H,39,43). The molecule has 2 aliphatic rings. The lowest BCUT2D eigenvalue weighted by Crippen LogP contribution is -2.53. The second-order valence-corrected chi connectivity index (χ2v) is 13.7. The van der Waals surface area contributed by atoms with Gasteiger partial charge in [-0.2, -0.15) is 13.2 Å². The molecule has 3 heterocycles. The van der Waals surface area contributed by atoms with Crippen molar-refractivity contribution in [2.75, 3.05) is 17.4 Å². The molecule has 1 saturated heterocycles. The highest BCUT2D eigenvalue weighted by atomic mass is 32.2. The maximum atomic E-state index is 14.3. The van der Waals surface area contributed by atoms with Crippen LogP contribution in [0.5, 0.6) is 0 Å². The van der Waals surface area contributed by atoms with E-state index in [0.29, 0.717) is 43.6 Å². The van der Waals surface area contributed by atoms with Crippen LogP contribution in [0.4, 0.5) is 23.2 Å². The number of benzene rings is 2. The summed E-state index contributed by atoms with van der Waals surface area (Å²) in [7, 11) is -4.23. The summed E-state index contributed by atoms with van der Waals surface area (Å²) >= 11 is 0. The van der Waals surface area contributed by atoms with Gasteiger partial charge in [-0.1, -0.05) is 11.6 Å². The number of aromatic nitrogens is 1. The van der Waals surface area contributed by atoms with Crippen LogP contribution >= 0.6 is 0 Å². The van der Waals surface area contributed by atoms with Crippen molar-refractivity contribution in [3.63, 3.8) is 0 Å². The minimum absolute atomic E-state index is 0.0991. The fraction of sp³-hybridized carbons (Fsp3) is 0.364. The van der Waals surface area contributed by atoms with E-state index in [9.17, 15) is 35.6 Å². The van der Waals surface area contributed by atoms with Crippen molar-refractivity contribution in [2.24, 2.45) is 0 Å². The molecule has 1 unspecified atom stereocenters. The molecule has 1 aromatic heterocycles. The van der Waals surface area contributed by atoms with Crippen molar-refractivity contribution in [1.29, 1.82) is 0 Å². The monoisotopic (exact) mass is 658 g/mol. The molecule has 8 nitrogen and oxygen atoms in total. The van der Waals surface area contributed by atoms with Crippen LogP contribution in [0.15, 0.2) is 77.3 Å². The third kappa shape index (κ3) is 6.24. The highest BCUT2D eigenvalue weighted by molar-refractivity contribution is 7.92. The lowest BCUT2D eigenvalue weighted by molar-refractivity contribution is -0.138. The molecule has 1 spiro atoms. The average Bonchev–Trinajstić information content (AvgIpc) is 3.27. The first kappa shape index (κ1) is 33.1. The van der Waals surface area contributed by atoms with Gasteiger partial charge in [-0.25, -0.2) is 12.8 Å². The van der Waals surface area contributed by atoms with E-state index in [1.165, 1.54) is 47.8 Å². The van der Waals surface area contributed by atoms with Crippen LogP contribution in [0.1, 0.15) is 67.2 Å². The summed E-state index contributed by atoms with van der Waals surface area (Å²) in [4.78, 5) is 31.0. The molecule has 2 aliphatic heterocycles. The molecular formula is C33H34F4N4O4S. The number of anilines is 1. The molecule has 0 bridgehead atoms. The molecule has 1 N–H and O–H groups in total. The summed E-state index contributed by atoms with van der Waals surface area (Å²) in [5, 5.41) is 2.52. The zero-order valence-corrected chi connectivity index (χ0v) is 26.4. The SMILES string of the molecule is CC(=O)N1CCC2(CC1)c1cc(C(=O)NCc3ncccc3C(F)(F)F)ccc1N(S(=O)(=O)c1ccc(F)cc1)C2CC=C(C)C. The number of nitrogens with zero attached hydrogens (tertiary/aromatic N) is 3. The van der Waals surface area contributed by atoms with Gasteiger partial charge in [-0.05, 0) is 93.3 Å². The Labute approximate surface area is 265 Å². The number of alkyl halides is 3. The van der Waals surface area contributed by atoms with E-state index in [1.807, 2.05) is 19.9 Å². The number of pyridine rings is 1. The Hall–Kier alpha value is -4.26. The number of fused-ring (bicyclic) bond motifs is 2. The molecule has 0 radical (unpaired) electrons. The van der Waals surface area contributed by atoms with Gasteiger partial charge in [-0.3, -0.25) is 18.9 Å². The van der Waals surface area contributed by atoms with Crippen LogP contribution in [-0.4, -0.2) is 49.2 Å². The van der Waals surface area contributed by atoms with Gasteiger partial charge in [0.25, 0.3) is 15.9 Å². The quantitative estimate of drug-likeness (QED) is 0.249. The number of halogens is 4. The van der Waals surface area contributed by atoms with E-state index < -0.39 is 51.5 Å². The van der Waals surface area contributed by atoms with E-state index in [0.717, 1.165) is 23.8 Å². The molecule has 46 heavy (non-hydrogen) atoms. The minimum atomic E-state index is -4.65. The highest BCUT2D eigenvalue weighted by Crippen LogP contribution is 2.54. The van der Waals surface area contributed by atoms with Crippen molar-refractivity contribution in [1.82, 2.24) is 15.2 Å². The Kier molecular flexibility index (Phi) is 9.00. The topological polar surface area (TPSA) is 99.7 Å². The summed E-state index contributed by atoms with van der Waals surface area (Å²) < 4.78 is 84.2. The molecule has 13 heteroatoms. The van der Waals surface area contributed by atoms with Crippen molar-refractivity contribution >= 4 is 27.5 Å². The molecule has 5 rings (SSSR count). The minimum Gasteiger partial charge on any atom is -0.346 e.